The van der Waals surface area contributed by atoms with Gasteiger partial charge in [-0.2, -0.15) is 0 Å². The van der Waals surface area contributed by atoms with Gasteiger partial charge in [0, 0.05) is 11.6 Å². The summed E-state index contributed by atoms with van der Waals surface area (Å²) in [5.74, 6) is -1.73. The van der Waals surface area contributed by atoms with E-state index in [1.54, 1.807) is 19.1 Å². The molecule has 0 N–H and O–H groups in total. The van der Waals surface area contributed by atoms with E-state index in [9.17, 15) is 14.4 Å². The minimum Gasteiger partial charge on any atom is -0.493 e. The molecule has 0 saturated carbocycles. The second-order valence-corrected chi connectivity index (χ2v) is 8.44. The number of carbonyl (C=O) groups is 3. The van der Waals surface area contributed by atoms with Gasteiger partial charge in [-0.1, -0.05) is 61.2 Å². The highest BCUT2D eigenvalue weighted by Gasteiger charge is 2.17. The summed E-state index contributed by atoms with van der Waals surface area (Å²) in [6.07, 6.45) is 9.83. The maximum atomic E-state index is 12.4. The Morgan fingerprint density at radius 2 is 1.57 bits per heavy atom. The number of nitrogens with zero attached hydrogens (tertiary/aromatic N) is 4. The Hall–Kier alpha value is -4.61. The quantitative estimate of drug-likeness (QED) is 0.0859. The Bertz CT molecular complexity index is 1180. The maximum absolute atomic E-state index is 12.4. The van der Waals surface area contributed by atoms with E-state index in [1.165, 1.54) is 31.4 Å². The molecule has 0 amide bonds. The molecule has 0 atom stereocenters. The van der Waals surface area contributed by atoms with Crippen LogP contribution in [0.25, 0.3) is 6.08 Å². The lowest BCUT2D eigenvalue weighted by Gasteiger charge is -2.09. The summed E-state index contributed by atoms with van der Waals surface area (Å²) in [6.45, 7) is 9.54. The van der Waals surface area contributed by atoms with Crippen LogP contribution < -0.4 is 14.2 Å². The van der Waals surface area contributed by atoms with Gasteiger partial charge >= 0.3 is 23.9 Å². The second kappa shape index (κ2) is 17.8. The molecule has 1 heterocycles. The molecule has 0 spiro atoms. The number of carbonyl (C=O) groups excluding carboxylic acids is 3. The van der Waals surface area contributed by atoms with Crippen molar-refractivity contribution in [2.45, 2.75) is 45.4 Å². The fraction of sp³-hybridized carbons (Fsp3) is 0.393. The lowest BCUT2D eigenvalue weighted by molar-refractivity contribution is -0.139. The third-order valence-electron chi connectivity index (χ3n) is 5.14. The van der Waals surface area contributed by atoms with Crippen LogP contribution in [-0.4, -0.2) is 65.2 Å². The highest BCUT2D eigenvalue weighted by molar-refractivity contribution is 5.88. The summed E-state index contributed by atoms with van der Waals surface area (Å²) in [5.41, 5.74) is 1.03. The van der Waals surface area contributed by atoms with Gasteiger partial charge < -0.3 is 23.7 Å². The van der Waals surface area contributed by atoms with Crippen molar-refractivity contribution in [3.63, 3.8) is 0 Å². The lowest BCUT2D eigenvalue weighted by Crippen LogP contribution is -2.16. The molecule has 0 aliphatic heterocycles. The molecule has 0 fully saturated rings. The first kappa shape index (κ1) is 31.6. The average molecular weight is 555 g/mol. The zero-order valence-electron chi connectivity index (χ0n) is 22.8. The van der Waals surface area contributed by atoms with E-state index in [1.807, 2.05) is 0 Å². The molecular weight excluding hydrogens is 520 g/mol. The van der Waals surface area contributed by atoms with Crippen LogP contribution in [0.4, 0.5) is 0 Å². The normalized spacial score (nSPS) is 10.6. The second-order valence-electron chi connectivity index (χ2n) is 8.44. The van der Waals surface area contributed by atoms with Crippen LogP contribution in [0, 0.1) is 0 Å². The molecule has 1 aromatic carbocycles. The third-order valence-corrected chi connectivity index (χ3v) is 5.14. The number of unbranched alkanes of at least 4 members (excludes halogenated alkanes) is 5. The molecule has 2 rings (SSSR count). The SMILES string of the molecule is C=CCOC(=O)/C=C/c1ccc(OC(=O)c2nnc(OCCCCCCCCOC(=O)C(=C)C)nn2)c(OC)c1. The molecule has 12 nitrogen and oxygen atoms in total. The molecule has 214 valence electrons. The van der Waals surface area contributed by atoms with E-state index in [2.05, 4.69) is 33.6 Å². The van der Waals surface area contributed by atoms with Gasteiger partial charge in [0.05, 0.1) is 20.3 Å². The van der Waals surface area contributed by atoms with Crippen molar-refractivity contribution in [1.29, 1.82) is 0 Å². The van der Waals surface area contributed by atoms with Gasteiger partial charge in [-0.05, 0) is 43.5 Å². The van der Waals surface area contributed by atoms with Crippen molar-refractivity contribution >= 4 is 24.0 Å². The monoisotopic (exact) mass is 554 g/mol. The summed E-state index contributed by atoms with van der Waals surface area (Å²) in [6, 6.07) is 4.66. The first-order chi connectivity index (χ1) is 19.3. The molecule has 40 heavy (non-hydrogen) atoms. The average Bonchev–Trinajstić information content (AvgIpc) is 2.96. The first-order valence-corrected chi connectivity index (χ1v) is 12.7. The van der Waals surface area contributed by atoms with Crippen molar-refractivity contribution in [1.82, 2.24) is 20.4 Å². The smallest absolute Gasteiger partial charge is 0.385 e. The molecular formula is C28H34N4O8. The molecule has 0 saturated heterocycles. The van der Waals surface area contributed by atoms with E-state index in [4.69, 9.17) is 23.7 Å². The van der Waals surface area contributed by atoms with Crippen molar-refractivity contribution in [2.75, 3.05) is 26.9 Å². The Balaban J connectivity index is 1.72. The first-order valence-electron chi connectivity index (χ1n) is 12.7. The largest absolute Gasteiger partial charge is 0.493 e. The zero-order valence-corrected chi connectivity index (χ0v) is 22.8. The van der Waals surface area contributed by atoms with Crippen molar-refractivity contribution in [2.24, 2.45) is 0 Å². The molecule has 0 unspecified atom stereocenters. The van der Waals surface area contributed by atoms with Crippen LogP contribution in [0.2, 0.25) is 0 Å². The van der Waals surface area contributed by atoms with Crippen molar-refractivity contribution in [3.05, 3.63) is 60.5 Å². The molecule has 2 aromatic rings. The summed E-state index contributed by atoms with van der Waals surface area (Å²) in [4.78, 5) is 35.3. The fourth-order valence-electron chi connectivity index (χ4n) is 3.09. The minimum absolute atomic E-state index is 0.0452. The van der Waals surface area contributed by atoms with Gasteiger partial charge in [-0.3, -0.25) is 0 Å². The van der Waals surface area contributed by atoms with Gasteiger partial charge in [0.25, 0.3) is 5.82 Å². The molecule has 1 aromatic heterocycles. The standard InChI is InChI=1S/C28H34N4O8/c1-5-16-37-24(33)15-13-21-12-14-22(23(19-21)36-4)40-27(35)25-29-31-28(32-30-25)39-18-11-9-7-6-8-10-17-38-26(34)20(2)3/h5,12-15,19H,1-2,6-11,16-18H2,3-4H3/b15-13+. The third kappa shape index (κ3) is 11.8. The van der Waals surface area contributed by atoms with E-state index >= 15 is 0 Å². The van der Waals surface area contributed by atoms with E-state index in [0.717, 1.165) is 38.5 Å². The number of benzene rings is 1. The number of esters is 3. The Kier molecular flexibility index (Phi) is 14.1. The van der Waals surface area contributed by atoms with Crippen molar-refractivity contribution < 1.29 is 38.1 Å². The van der Waals surface area contributed by atoms with Crippen LogP contribution in [-0.2, 0) is 19.1 Å². The number of hydrogen-bond acceptors (Lipinski definition) is 12. The van der Waals surface area contributed by atoms with Gasteiger partial charge in [-0.15, -0.1) is 10.2 Å². The summed E-state index contributed by atoms with van der Waals surface area (Å²) in [7, 11) is 1.41. The summed E-state index contributed by atoms with van der Waals surface area (Å²) >= 11 is 0. The fourth-order valence-corrected chi connectivity index (χ4v) is 3.09. The molecule has 0 bridgehead atoms. The molecule has 0 aliphatic rings. The number of hydrogen-bond donors (Lipinski definition) is 0. The highest BCUT2D eigenvalue weighted by atomic mass is 16.6. The molecule has 0 radical (unpaired) electrons. The van der Waals surface area contributed by atoms with E-state index < -0.39 is 11.9 Å². The minimum atomic E-state index is -0.879. The van der Waals surface area contributed by atoms with Crippen LogP contribution in [0.1, 0.15) is 61.6 Å². The van der Waals surface area contributed by atoms with Crippen molar-refractivity contribution in [3.8, 4) is 17.5 Å². The van der Waals surface area contributed by atoms with Gasteiger partial charge in [0.15, 0.2) is 11.5 Å². The Morgan fingerprint density at radius 1 is 0.900 bits per heavy atom. The van der Waals surface area contributed by atoms with Gasteiger partial charge in [0.2, 0.25) is 0 Å². The Morgan fingerprint density at radius 3 is 2.23 bits per heavy atom. The predicted octanol–water partition coefficient (Wildman–Crippen LogP) is 4.08. The summed E-state index contributed by atoms with van der Waals surface area (Å²) < 4.78 is 25.9. The highest BCUT2D eigenvalue weighted by Crippen LogP contribution is 2.29. The summed E-state index contributed by atoms with van der Waals surface area (Å²) in [5, 5.41) is 15.0. The maximum Gasteiger partial charge on any atom is 0.385 e. The van der Waals surface area contributed by atoms with Gasteiger partial charge in [-0.25, -0.2) is 14.4 Å². The molecule has 12 heteroatoms. The van der Waals surface area contributed by atoms with Crippen LogP contribution in [0.3, 0.4) is 0 Å². The molecule has 0 aliphatic carbocycles. The van der Waals surface area contributed by atoms with Crippen LogP contribution in [0.15, 0.2) is 49.1 Å². The van der Waals surface area contributed by atoms with Crippen LogP contribution >= 0.6 is 0 Å². The number of rotatable bonds is 18. The lowest BCUT2D eigenvalue weighted by atomic mass is 10.1. The van der Waals surface area contributed by atoms with Crippen LogP contribution in [0.5, 0.6) is 17.5 Å². The topological polar surface area (TPSA) is 149 Å². The predicted molar refractivity (Wildman–Crippen MR) is 145 cm³/mol. The number of ether oxygens (including phenoxy) is 5. The number of aromatic nitrogens is 4. The van der Waals surface area contributed by atoms with Gasteiger partial charge in [0.1, 0.15) is 6.61 Å². The Labute approximate surface area is 233 Å². The number of methoxy groups -OCH3 is 1. The van der Waals surface area contributed by atoms with E-state index in [-0.39, 0.29) is 35.9 Å². The van der Waals surface area contributed by atoms with E-state index in [0.29, 0.717) is 24.4 Å². The zero-order chi connectivity index (χ0) is 29.2.